The molecule has 144 valence electrons. The first-order chi connectivity index (χ1) is 13.7. The molecule has 0 spiro atoms. The molecular weight excluding hydrogens is 352 g/mol. The first-order valence-corrected chi connectivity index (χ1v) is 9.49. The van der Waals surface area contributed by atoms with Gasteiger partial charge in [0.2, 0.25) is 5.91 Å². The predicted octanol–water partition coefficient (Wildman–Crippen LogP) is 3.16. The fourth-order valence-electron chi connectivity index (χ4n) is 3.38. The summed E-state index contributed by atoms with van der Waals surface area (Å²) in [5, 5.41) is 10.8. The standard InChI is InChI=1S/C22H24N4O2/c1-28-18-8-6-16(7-9-18)15-26-13-11-21(25-26)24-22(27)14-17-4-2-3-5-19(17)20-10-12-23-20/h2-9,11,13,20,23H,10,12,14-15H2,1H3,(H,24,25,27). The van der Waals surface area contributed by atoms with E-state index in [1.165, 1.54) is 5.56 Å². The SMILES string of the molecule is COc1ccc(Cn2ccc(NC(=O)Cc3ccccc3C3CCN3)n2)cc1. The highest BCUT2D eigenvalue weighted by Gasteiger charge is 2.21. The van der Waals surface area contributed by atoms with E-state index in [4.69, 9.17) is 4.74 Å². The average Bonchev–Trinajstić information content (AvgIpc) is 3.09. The highest BCUT2D eigenvalue weighted by molar-refractivity contribution is 5.91. The number of methoxy groups -OCH3 is 1. The van der Waals surface area contributed by atoms with Gasteiger partial charge in [-0.2, -0.15) is 5.10 Å². The van der Waals surface area contributed by atoms with E-state index >= 15 is 0 Å². The number of aromatic nitrogens is 2. The molecule has 28 heavy (non-hydrogen) atoms. The van der Waals surface area contributed by atoms with Crippen LogP contribution in [0.3, 0.4) is 0 Å². The minimum atomic E-state index is -0.0542. The van der Waals surface area contributed by atoms with Crippen molar-refractivity contribution in [2.75, 3.05) is 19.0 Å². The van der Waals surface area contributed by atoms with Crippen LogP contribution < -0.4 is 15.4 Å². The fraction of sp³-hybridized carbons (Fsp3) is 0.273. The maximum Gasteiger partial charge on any atom is 0.230 e. The summed E-state index contributed by atoms with van der Waals surface area (Å²) in [6.45, 7) is 1.67. The van der Waals surface area contributed by atoms with Crippen LogP contribution in [0.2, 0.25) is 0 Å². The van der Waals surface area contributed by atoms with Crippen molar-refractivity contribution >= 4 is 11.7 Å². The van der Waals surface area contributed by atoms with E-state index in [2.05, 4.69) is 21.8 Å². The Morgan fingerprint density at radius 3 is 2.71 bits per heavy atom. The van der Waals surface area contributed by atoms with Crippen molar-refractivity contribution in [3.05, 3.63) is 77.5 Å². The molecule has 2 aromatic carbocycles. The Morgan fingerprint density at radius 2 is 2.00 bits per heavy atom. The van der Waals surface area contributed by atoms with Crippen molar-refractivity contribution in [2.45, 2.75) is 25.4 Å². The van der Waals surface area contributed by atoms with E-state index in [0.717, 1.165) is 29.8 Å². The van der Waals surface area contributed by atoms with Gasteiger partial charge in [0.25, 0.3) is 0 Å². The highest BCUT2D eigenvalue weighted by atomic mass is 16.5. The average molecular weight is 376 g/mol. The van der Waals surface area contributed by atoms with Gasteiger partial charge < -0.3 is 15.4 Å². The third-order valence-electron chi connectivity index (χ3n) is 5.02. The van der Waals surface area contributed by atoms with Crippen LogP contribution in [-0.2, 0) is 17.8 Å². The zero-order valence-corrected chi connectivity index (χ0v) is 15.9. The molecule has 1 unspecified atom stereocenters. The van der Waals surface area contributed by atoms with Crippen LogP contribution in [0.15, 0.2) is 60.8 Å². The van der Waals surface area contributed by atoms with Crippen molar-refractivity contribution in [1.82, 2.24) is 15.1 Å². The van der Waals surface area contributed by atoms with Gasteiger partial charge in [-0.25, -0.2) is 0 Å². The molecule has 1 saturated heterocycles. The van der Waals surface area contributed by atoms with Crippen LogP contribution >= 0.6 is 0 Å². The van der Waals surface area contributed by atoms with E-state index in [1.54, 1.807) is 7.11 Å². The molecule has 2 N–H and O–H groups in total. The van der Waals surface area contributed by atoms with Crippen LogP contribution in [0.1, 0.15) is 29.2 Å². The normalized spacial score (nSPS) is 15.7. The lowest BCUT2D eigenvalue weighted by molar-refractivity contribution is -0.115. The molecule has 6 heteroatoms. The first-order valence-electron chi connectivity index (χ1n) is 9.49. The molecule has 1 aromatic heterocycles. The number of carbonyl (C=O) groups is 1. The minimum absolute atomic E-state index is 0.0542. The molecule has 1 atom stereocenters. The van der Waals surface area contributed by atoms with Crippen LogP contribution in [0, 0.1) is 0 Å². The largest absolute Gasteiger partial charge is 0.497 e. The van der Waals surface area contributed by atoms with Crippen LogP contribution in [0.25, 0.3) is 0 Å². The van der Waals surface area contributed by atoms with Crippen molar-refractivity contribution in [1.29, 1.82) is 0 Å². The molecule has 0 saturated carbocycles. The maximum absolute atomic E-state index is 12.5. The monoisotopic (exact) mass is 376 g/mol. The second-order valence-corrected chi connectivity index (χ2v) is 6.97. The zero-order chi connectivity index (χ0) is 19.3. The van der Waals surface area contributed by atoms with Crippen LogP contribution in [0.4, 0.5) is 5.82 Å². The van der Waals surface area contributed by atoms with E-state index in [-0.39, 0.29) is 5.91 Å². The lowest BCUT2D eigenvalue weighted by Crippen LogP contribution is -2.35. The second kappa shape index (κ2) is 8.27. The summed E-state index contributed by atoms with van der Waals surface area (Å²) in [4.78, 5) is 12.5. The van der Waals surface area contributed by atoms with Gasteiger partial charge in [0.1, 0.15) is 5.75 Å². The third kappa shape index (κ3) is 4.23. The summed E-state index contributed by atoms with van der Waals surface area (Å²) >= 11 is 0. The molecule has 1 fully saturated rings. The summed E-state index contributed by atoms with van der Waals surface area (Å²) in [5.74, 6) is 1.34. The first kappa shape index (κ1) is 18.3. The number of nitrogens with zero attached hydrogens (tertiary/aromatic N) is 2. The lowest BCUT2D eigenvalue weighted by atomic mass is 9.92. The Balaban J connectivity index is 1.36. The van der Waals surface area contributed by atoms with Crippen LogP contribution in [-0.4, -0.2) is 29.3 Å². The molecule has 3 aromatic rings. The molecule has 1 aliphatic rings. The Labute approximate surface area is 164 Å². The molecule has 0 bridgehead atoms. The molecule has 4 rings (SSSR count). The number of anilines is 1. The second-order valence-electron chi connectivity index (χ2n) is 6.97. The summed E-state index contributed by atoms with van der Waals surface area (Å²) in [6.07, 6.45) is 3.33. The fourth-order valence-corrected chi connectivity index (χ4v) is 3.38. The number of nitrogens with one attached hydrogen (secondary N) is 2. The number of ether oxygens (including phenoxy) is 1. The molecule has 1 amide bonds. The Hall–Kier alpha value is -3.12. The van der Waals surface area contributed by atoms with Gasteiger partial charge in [0.05, 0.1) is 20.1 Å². The summed E-state index contributed by atoms with van der Waals surface area (Å²) in [7, 11) is 1.65. The predicted molar refractivity (Wildman–Crippen MR) is 108 cm³/mol. The van der Waals surface area contributed by atoms with Gasteiger partial charge >= 0.3 is 0 Å². The van der Waals surface area contributed by atoms with E-state index in [1.807, 2.05) is 59.4 Å². The van der Waals surface area contributed by atoms with Gasteiger partial charge in [-0.05, 0) is 41.8 Å². The number of hydrogen-bond acceptors (Lipinski definition) is 4. The van der Waals surface area contributed by atoms with Gasteiger partial charge in [-0.1, -0.05) is 36.4 Å². The van der Waals surface area contributed by atoms with Crippen molar-refractivity contribution in [2.24, 2.45) is 0 Å². The Kier molecular flexibility index (Phi) is 5.39. The van der Waals surface area contributed by atoms with E-state index in [9.17, 15) is 4.79 Å². The molecule has 2 heterocycles. The number of hydrogen-bond donors (Lipinski definition) is 2. The van der Waals surface area contributed by atoms with Crippen LogP contribution in [0.5, 0.6) is 5.75 Å². The Morgan fingerprint density at radius 1 is 1.21 bits per heavy atom. The van der Waals surface area contributed by atoms with Crippen molar-refractivity contribution in [3.8, 4) is 5.75 Å². The highest BCUT2D eigenvalue weighted by Crippen LogP contribution is 2.26. The van der Waals surface area contributed by atoms with Gasteiger partial charge in [0.15, 0.2) is 5.82 Å². The number of carbonyl (C=O) groups excluding carboxylic acids is 1. The molecular formula is C22H24N4O2. The van der Waals surface area contributed by atoms with Gasteiger partial charge in [0, 0.05) is 18.3 Å². The molecule has 1 aliphatic heterocycles. The Bertz CT molecular complexity index is 945. The smallest absolute Gasteiger partial charge is 0.230 e. The van der Waals surface area contributed by atoms with Gasteiger partial charge in [-0.3, -0.25) is 9.48 Å². The van der Waals surface area contributed by atoms with Crippen molar-refractivity contribution in [3.63, 3.8) is 0 Å². The third-order valence-corrected chi connectivity index (χ3v) is 5.02. The van der Waals surface area contributed by atoms with Crippen molar-refractivity contribution < 1.29 is 9.53 Å². The lowest BCUT2D eigenvalue weighted by Gasteiger charge is -2.29. The number of rotatable bonds is 7. The minimum Gasteiger partial charge on any atom is -0.497 e. The molecule has 0 radical (unpaired) electrons. The molecule has 6 nitrogen and oxygen atoms in total. The number of benzene rings is 2. The molecule has 0 aliphatic carbocycles. The van der Waals surface area contributed by atoms with Gasteiger partial charge in [-0.15, -0.1) is 0 Å². The summed E-state index contributed by atoms with van der Waals surface area (Å²) in [6, 6.07) is 18.2. The van der Waals surface area contributed by atoms with E-state index < -0.39 is 0 Å². The summed E-state index contributed by atoms with van der Waals surface area (Å²) < 4.78 is 6.99. The van der Waals surface area contributed by atoms with E-state index in [0.29, 0.717) is 24.8 Å². The quantitative estimate of drug-likeness (QED) is 0.665. The zero-order valence-electron chi connectivity index (χ0n) is 15.9. The number of amides is 1. The topological polar surface area (TPSA) is 68.2 Å². The summed E-state index contributed by atoms with van der Waals surface area (Å²) in [5.41, 5.74) is 3.40. The maximum atomic E-state index is 12.5.